The van der Waals surface area contributed by atoms with Gasteiger partial charge in [0.2, 0.25) is 0 Å². The minimum absolute atomic E-state index is 0.0717. The Morgan fingerprint density at radius 2 is 1.14 bits per heavy atom. The molecule has 0 aliphatic carbocycles. The Kier molecular flexibility index (Phi) is 6.60. The van der Waals surface area contributed by atoms with Crippen molar-refractivity contribution in [3.05, 3.63) is 29.3 Å². The zero-order chi connectivity index (χ0) is 16.1. The van der Waals surface area contributed by atoms with Crippen LogP contribution in [0.3, 0.4) is 0 Å². The Hall–Kier alpha value is -0.680. The number of nitrogens with two attached hydrogens (primary N) is 1. The first-order valence-electron chi connectivity index (χ1n) is 6.09. The molecule has 120 valence electrons. The van der Waals surface area contributed by atoms with Gasteiger partial charge in [-0.1, -0.05) is 6.07 Å². The third-order valence-corrected chi connectivity index (χ3v) is 6.67. The molecule has 1 aromatic rings. The van der Waals surface area contributed by atoms with Crippen LogP contribution in [0, 0.1) is 0 Å². The minimum Gasteiger partial charge on any atom is -0.399 e. The molecule has 0 aliphatic heterocycles. The second-order valence-electron chi connectivity index (χ2n) is 4.35. The van der Waals surface area contributed by atoms with Gasteiger partial charge in [0.15, 0.2) is 0 Å². The third kappa shape index (κ3) is 5.22. The average Bonchev–Trinajstić information content (AvgIpc) is 2.46. The van der Waals surface area contributed by atoms with Crippen LogP contribution >= 0.6 is 15.2 Å². The molecule has 0 saturated heterocycles. The molecule has 0 radical (unpaired) electrons. The van der Waals surface area contributed by atoms with Crippen LogP contribution in [0.4, 0.5) is 5.69 Å². The van der Waals surface area contributed by atoms with Gasteiger partial charge in [0, 0.05) is 34.1 Å². The Labute approximate surface area is 124 Å². The van der Waals surface area contributed by atoms with Crippen molar-refractivity contribution in [3.8, 4) is 0 Å². The summed E-state index contributed by atoms with van der Waals surface area (Å²) in [7, 11) is -1.11. The molecule has 0 heterocycles. The highest BCUT2D eigenvalue weighted by Crippen LogP contribution is 2.52. The number of anilines is 1. The molecule has 0 aliphatic rings. The Balaban J connectivity index is 3.06. The van der Waals surface area contributed by atoms with Crippen molar-refractivity contribution in [2.45, 2.75) is 12.3 Å². The van der Waals surface area contributed by atoms with Gasteiger partial charge in [0.05, 0.1) is 12.3 Å². The molecule has 2 N–H and O–H groups in total. The van der Waals surface area contributed by atoms with Crippen LogP contribution < -0.4 is 5.73 Å². The van der Waals surface area contributed by atoms with Crippen LogP contribution in [0.25, 0.3) is 0 Å². The molecular weight excluding hydrogens is 316 g/mol. The average molecular weight is 337 g/mol. The van der Waals surface area contributed by atoms with Crippen LogP contribution in [-0.4, -0.2) is 28.4 Å². The van der Waals surface area contributed by atoms with E-state index in [1.54, 1.807) is 18.2 Å². The lowest BCUT2D eigenvalue weighted by Crippen LogP contribution is -1.99. The first-order chi connectivity index (χ1) is 9.79. The van der Waals surface area contributed by atoms with Crippen molar-refractivity contribution in [2.24, 2.45) is 0 Å². The maximum atomic E-state index is 12.2. The highest BCUT2D eigenvalue weighted by molar-refractivity contribution is 7.53. The van der Waals surface area contributed by atoms with E-state index in [9.17, 15) is 9.13 Å². The van der Waals surface area contributed by atoms with Crippen molar-refractivity contribution < 1.29 is 27.2 Å². The van der Waals surface area contributed by atoms with Gasteiger partial charge in [-0.05, 0) is 23.3 Å². The first kappa shape index (κ1) is 18.4. The van der Waals surface area contributed by atoms with Crippen molar-refractivity contribution in [1.82, 2.24) is 0 Å². The molecule has 0 spiro atoms. The lowest BCUT2D eigenvalue weighted by Gasteiger charge is -2.16. The largest absolute Gasteiger partial charge is 0.399 e. The van der Waals surface area contributed by atoms with Gasteiger partial charge < -0.3 is 23.8 Å². The molecule has 1 aromatic carbocycles. The lowest BCUT2D eigenvalue weighted by atomic mass is 10.1. The second kappa shape index (κ2) is 7.54. The smallest absolute Gasteiger partial charge is 0.334 e. The fraction of sp³-hybridized carbons (Fsp3) is 0.500. The van der Waals surface area contributed by atoms with E-state index in [2.05, 4.69) is 0 Å². The zero-order valence-corrected chi connectivity index (χ0v) is 14.4. The molecule has 0 atom stereocenters. The molecular formula is C12H21NO6P2. The molecule has 0 amide bonds. The molecule has 0 aromatic heterocycles. The lowest BCUT2D eigenvalue weighted by molar-refractivity contribution is 0.274. The number of rotatable bonds is 8. The molecule has 9 heteroatoms. The highest BCUT2D eigenvalue weighted by atomic mass is 31.2. The van der Waals surface area contributed by atoms with E-state index >= 15 is 0 Å². The summed E-state index contributed by atoms with van der Waals surface area (Å²) in [6.45, 7) is 0. The predicted octanol–water partition coefficient (Wildman–Crippen LogP) is 3.24. The summed E-state index contributed by atoms with van der Waals surface area (Å²) in [6, 6.07) is 5.06. The van der Waals surface area contributed by atoms with E-state index in [1.165, 1.54) is 28.4 Å². The maximum absolute atomic E-state index is 12.2. The summed E-state index contributed by atoms with van der Waals surface area (Å²) in [4.78, 5) is 0. The van der Waals surface area contributed by atoms with Crippen molar-refractivity contribution in [2.75, 3.05) is 34.2 Å². The van der Waals surface area contributed by atoms with E-state index in [0.29, 0.717) is 16.8 Å². The molecule has 21 heavy (non-hydrogen) atoms. The van der Waals surface area contributed by atoms with Crippen LogP contribution in [-0.2, 0) is 39.5 Å². The summed E-state index contributed by atoms with van der Waals surface area (Å²) in [5, 5.41) is 0. The van der Waals surface area contributed by atoms with Gasteiger partial charge in [0.25, 0.3) is 0 Å². The van der Waals surface area contributed by atoms with Gasteiger partial charge in [-0.25, -0.2) is 0 Å². The highest BCUT2D eigenvalue weighted by Gasteiger charge is 2.24. The Morgan fingerprint density at radius 3 is 1.43 bits per heavy atom. The van der Waals surface area contributed by atoms with Crippen LogP contribution in [0.15, 0.2) is 18.2 Å². The molecule has 1 rings (SSSR count). The van der Waals surface area contributed by atoms with Gasteiger partial charge >= 0.3 is 15.2 Å². The fourth-order valence-corrected chi connectivity index (χ4v) is 3.90. The van der Waals surface area contributed by atoms with Crippen molar-refractivity contribution in [3.63, 3.8) is 0 Å². The van der Waals surface area contributed by atoms with Gasteiger partial charge in [0.1, 0.15) is 0 Å². The summed E-state index contributed by atoms with van der Waals surface area (Å²) in [5.41, 5.74) is 7.60. The summed E-state index contributed by atoms with van der Waals surface area (Å²) in [5.74, 6) is 0. The Morgan fingerprint density at radius 1 is 0.810 bits per heavy atom. The maximum Gasteiger partial charge on any atom is 0.334 e. The summed E-state index contributed by atoms with van der Waals surface area (Å²) >= 11 is 0. The standard InChI is InChI=1S/C12H21NO6P2/c1-16-20(14,17-2)8-10-5-11(7-12(13)6-10)9-21(15,18-3)19-4/h5-7H,8-9,13H2,1-4H3. The van der Waals surface area contributed by atoms with Crippen LogP contribution in [0.1, 0.15) is 11.1 Å². The van der Waals surface area contributed by atoms with Gasteiger partial charge in [-0.2, -0.15) is 0 Å². The van der Waals surface area contributed by atoms with E-state index in [-0.39, 0.29) is 12.3 Å². The minimum atomic E-state index is -3.19. The molecule has 7 nitrogen and oxygen atoms in total. The zero-order valence-electron chi connectivity index (χ0n) is 12.6. The number of nitrogen functional groups attached to an aromatic ring is 1. The first-order valence-corrected chi connectivity index (χ1v) is 9.54. The number of hydrogen-bond acceptors (Lipinski definition) is 7. The van der Waals surface area contributed by atoms with Gasteiger partial charge in [-0.3, -0.25) is 9.13 Å². The van der Waals surface area contributed by atoms with Gasteiger partial charge in [-0.15, -0.1) is 0 Å². The second-order valence-corrected chi connectivity index (χ2v) is 8.89. The topological polar surface area (TPSA) is 97.1 Å². The van der Waals surface area contributed by atoms with Crippen LogP contribution in [0.2, 0.25) is 0 Å². The van der Waals surface area contributed by atoms with E-state index in [1.807, 2.05) is 0 Å². The van der Waals surface area contributed by atoms with E-state index < -0.39 is 15.2 Å². The van der Waals surface area contributed by atoms with Crippen LogP contribution in [0.5, 0.6) is 0 Å². The fourth-order valence-electron chi connectivity index (χ4n) is 1.83. The quantitative estimate of drug-likeness (QED) is 0.574. The van der Waals surface area contributed by atoms with E-state index in [4.69, 9.17) is 23.8 Å². The number of hydrogen-bond donors (Lipinski definition) is 1. The predicted molar refractivity (Wildman–Crippen MR) is 81.5 cm³/mol. The number of benzene rings is 1. The molecule has 0 saturated carbocycles. The molecule has 0 unspecified atom stereocenters. The molecule has 0 bridgehead atoms. The normalized spacial score (nSPS) is 12.6. The summed E-state index contributed by atoms with van der Waals surface area (Å²) < 4.78 is 43.9. The molecule has 0 fully saturated rings. The van der Waals surface area contributed by atoms with E-state index in [0.717, 1.165) is 0 Å². The Bertz CT molecular complexity index is 515. The monoisotopic (exact) mass is 337 g/mol. The van der Waals surface area contributed by atoms with Crippen molar-refractivity contribution in [1.29, 1.82) is 0 Å². The third-order valence-electron chi connectivity index (χ3n) is 2.94. The SMILES string of the molecule is COP(=O)(Cc1cc(N)cc(CP(=O)(OC)OC)c1)OC. The summed E-state index contributed by atoms with van der Waals surface area (Å²) in [6.07, 6.45) is 0.143. The van der Waals surface area contributed by atoms with Crippen molar-refractivity contribution >= 4 is 20.9 Å².